The fraction of sp³-hybridized carbons (Fsp3) is 0.417. The molecule has 0 unspecified atom stereocenters. The molecule has 0 aliphatic heterocycles. The van der Waals surface area contributed by atoms with E-state index >= 15 is 0 Å². The fourth-order valence-corrected chi connectivity index (χ4v) is 3.44. The highest BCUT2D eigenvalue weighted by atomic mass is 16.6. The fourth-order valence-electron chi connectivity index (χ4n) is 3.44. The minimum atomic E-state index is -0.810. The first-order valence-electron chi connectivity index (χ1n) is 9.92. The lowest BCUT2D eigenvalue weighted by atomic mass is 9.87. The van der Waals surface area contributed by atoms with Gasteiger partial charge in [0.2, 0.25) is 0 Å². The van der Waals surface area contributed by atoms with Crippen LogP contribution >= 0.6 is 0 Å². The predicted molar refractivity (Wildman–Crippen MR) is 109 cm³/mol. The van der Waals surface area contributed by atoms with Gasteiger partial charge in [-0.1, -0.05) is 63.2 Å². The van der Waals surface area contributed by atoms with Crippen molar-refractivity contribution in [2.45, 2.75) is 64.1 Å². The van der Waals surface area contributed by atoms with Crippen molar-refractivity contribution in [3.63, 3.8) is 0 Å². The van der Waals surface area contributed by atoms with Gasteiger partial charge in [0.05, 0.1) is 0 Å². The van der Waals surface area contributed by atoms with Crippen LogP contribution in [0.25, 0.3) is 0 Å². The number of carbonyl (C=O) groups is 2. The minimum Gasteiger partial charge on any atom is -0.487 e. The quantitative estimate of drug-likeness (QED) is 0.411. The van der Waals surface area contributed by atoms with Crippen LogP contribution in [0.2, 0.25) is 0 Å². The number of benzene rings is 2. The Balaban J connectivity index is 1.65. The molecule has 148 valence electrons. The van der Waals surface area contributed by atoms with Crippen molar-refractivity contribution >= 4 is 11.8 Å². The molecule has 1 saturated carbocycles. The summed E-state index contributed by atoms with van der Waals surface area (Å²) in [6.45, 7) is 6.51. The monoisotopic (exact) mass is 380 g/mol. The van der Waals surface area contributed by atoms with Crippen LogP contribution < -0.4 is 4.74 Å². The molecule has 0 heterocycles. The average Bonchev–Trinajstić information content (AvgIpc) is 2.69. The number of esters is 1. The molecule has 1 aliphatic rings. The van der Waals surface area contributed by atoms with Crippen LogP contribution in [0.5, 0.6) is 5.75 Å². The van der Waals surface area contributed by atoms with Crippen molar-refractivity contribution in [2.24, 2.45) is 0 Å². The van der Waals surface area contributed by atoms with Crippen molar-refractivity contribution in [1.82, 2.24) is 0 Å². The van der Waals surface area contributed by atoms with E-state index in [0.717, 1.165) is 25.0 Å². The molecule has 1 aliphatic carbocycles. The second kappa shape index (κ2) is 8.59. The van der Waals surface area contributed by atoms with Gasteiger partial charge in [-0.3, -0.25) is 4.79 Å². The zero-order valence-corrected chi connectivity index (χ0v) is 16.8. The number of rotatable bonds is 5. The molecule has 1 fully saturated rings. The summed E-state index contributed by atoms with van der Waals surface area (Å²) in [5.74, 6) is -0.662. The van der Waals surface area contributed by atoms with Gasteiger partial charge in [-0.25, -0.2) is 4.79 Å². The third-order valence-corrected chi connectivity index (χ3v) is 5.13. The summed E-state index contributed by atoms with van der Waals surface area (Å²) in [6, 6.07) is 16.6. The summed E-state index contributed by atoms with van der Waals surface area (Å²) in [5.41, 5.74) is 1.66. The number of carbonyl (C=O) groups excluding carboxylic acids is 2. The molecular formula is C24H28O4. The Kier molecular flexibility index (Phi) is 6.18. The van der Waals surface area contributed by atoms with E-state index in [-0.39, 0.29) is 11.5 Å². The van der Waals surface area contributed by atoms with Gasteiger partial charge in [-0.05, 0) is 48.8 Å². The highest BCUT2D eigenvalue weighted by Crippen LogP contribution is 2.29. The zero-order valence-electron chi connectivity index (χ0n) is 16.8. The molecule has 2 aromatic carbocycles. The Morgan fingerprint density at radius 2 is 1.46 bits per heavy atom. The van der Waals surface area contributed by atoms with Crippen molar-refractivity contribution in [3.05, 3.63) is 65.7 Å². The van der Waals surface area contributed by atoms with E-state index in [1.54, 1.807) is 30.3 Å². The Labute approximate surface area is 166 Å². The molecule has 0 bridgehead atoms. The number of ether oxygens (including phenoxy) is 2. The first-order chi connectivity index (χ1) is 13.3. The van der Waals surface area contributed by atoms with Crippen molar-refractivity contribution < 1.29 is 19.1 Å². The van der Waals surface area contributed by atoms with E-state index in [4.69, 9.17) is 9.47 Å². The van der Waals surface area contributed by atoms with Gasteiger partial charge in [-0.2, -0.15) is 0 Å². The van der Waals surface area contributed by atoms with Crippen LogP contribution in [0, 0.1) is 0 Å². The first-order valence-corrected chi connectivity index (χ1v) is 9.92. The lowest BCUT2D eigenvalue weighted by molar-refractivity contribution is -0.150. The smallest absolute Gasteiger partial charge is 0.380 e. The molecule has 2 aromatic rings. The SMILES string of the molecule is CC(C)(C)c1ccc(O[C@@H]2CCCC[C@H]2OC(=O)C(=O)c2ccccc2)cc1. The highest BCUT2D eigenvalue weighted by molar-refractivity contribution is 6.40. The van der Waals surface area contributed by atoms with E-state index in [9.17, 15) is 9.59 Å². The van der Waals surface area contributed by atoms with E-state index in [2.05, 4.69) is 32.9 Å². The summed E-state index contributed by atoms with van der Waals surface area (Å²) < 4.78 is 11.7. The van der Waals surface area contributed by atoms with Crippen LogP contribution in [0.4, 0.5) is 0 Å². The summed E-state index contributed by atoms with van der Waals surface area (Å²) in [6.07, 6.45) is 2.85. The van der Waals surface area contributed by atoms with Gasteiger partial charge in [0.15, 0.2) is 0 Å². The van der Waals surface area contributed by atoms with E-state index in [0.29, 0.717) is 12.0 Å². The number of Topliss-reactive ketones (excluding diaryl/α,β-unsaturated/α-hetero) is 1. The van der Waals surface area contributed by atoms with Crippen LogP contribution in [-0.2, 0) is 14.9 Å². The largest absolute Gasteiger partial charge is 0.487 e. The van der Waals surface area contributed by atoms with Crippen LogP contribution in [0.3, 0.4) is 0 Å². The third-order valence-electron chi connectivity index (χ3n) is 5.13. The molecular weight excluding hydrogens is 352 g/mol. The molecule has 0 spiro atoms. The first kappa shape index (κ1) is 20.1. The standard InChI is InChI=1S/C24H28O4/c1-24(2,3)18-13-15-19(16-14-18)27-20-11-7-8-12-21(20)28-23(26)22(25)17-9-5-4-6-10-17/h4-6,9-10,13-16,20-21H,7-8,11-12H2,1-3H3/t20-,21-/m1/s1. The van der Waals surface area contributed by atoms with E-state index in [1.807, 2.05) is 12.1 Å². The summed E-state index contributed by atoms with van der Waals surface area (Å²) >= 11 is 0. The maximum atomic E-state index is 12.3. The van der Waals surface area contributed by atoms with Gasteiger partial charge in [0.1, 0.15) is 18.0 Å². The Hall–Kier alpha value is -2.62. The number of hydrogen-bond acceptors (Lipinski definition) is 4. The van der Waals surface area contributed by atoms with Gasteiger partial charge in [-0.15, -0.1) is 0 Å². The molecule has 3 rings (SSSR count). The number of hydrogen-bond donors (Lipinski definition) is 0. The lowest BCUT2D eigenvalue weighted by Gasteiger charge is -2.31. The zero-order chi connectivity index (χ0) is 20.1. The summed E-state index contributed by atoms with van der Waals surface area (Å²) in [5, 5.41) is 0. The molecule has 4 heteroatoms. The average molecular weight is 380 g/mol. The van der Waals surface area contributed by atoms with Crippen LogP contribution in [-0.4, -0.2) is 24.0 Å². The van der Waals surface area contributed by atoms with Crippen LogP contribution in [0.15, 0.2) is 54.6 Å². The predicted octanol–water partition coefficient (Wildman–Crippen LogP) is 5.10. The molecule has 0 amide bonds. The normalized spacial score (nSPS) is 19.7. The molecule has 0 N–H and O–H groups in total. The van der Waals surface area contributed by atoms with E-state index in [1.165, 1.54) is 5.56 Å². The second-order valence-corrected chi connectivity index (χ2v) is 8.35. The molecule has 0 radical (unpaired) electrons. The maximum absolute atomic E-state index is 12.3. The highest BCUT2D eigenvalue weighted by Gasteiger charge is 2.32. The Morgan fingerprint density at radius 1 is 0.857 bits per heavy atom. The van der Waals surface area contributed by atoms with Crippen LogP contribution in [0.1, 0.15) is 62.4 Å². The number of ketones is 1. The van der Waals surface area contributed by atoms with Gasteiger partial charge in [0.25, 0.3) is 5.78 Å². The maximum Gasteiger partial charge on any atom is 0.380 e. The topological polar surface area (TPSA) is 52.6 Å². The lowest BCUT2D eigenvalue weighted by Crippen LogP contribution is -2.39. The summed E-state index contributed by atoms with van der Waals surface area (Å²) in [4.78, 5) is 24.6. The second-order valence-electron chi connectivity index (χ2n) is 8.35. The summed E-state index contributed by atoms with van der Waals surface area (Å²) in [7, 11) is 0. The van der Waals surface area contributed by atoms with Gasteiger partial charge in [0, 0.05) is 5.56 Å². The van der Waals surface area contributed by atoms with Crippen molar-refractivity contribution in [3.8, 4) is 5.75 Å². The third kappa shape index (κ3) is 5.00. The van der Waals surface area contributed by atoms with Gasteiger partial charge >= 0.3 is 5.97 Å². The minimum absolute atomic E-state index is 0.0826. The van der Waals surface area contributed by atoms with Gasteiger partial charge < -0.3 is 9.47 Å². The molecule has 2 atom stereocenters. The van der Waals surface area contributed by atoms with E-state index < -0.39 is 17.9 Å². The molecule has 0 aromatic heterocycles. The van der Waals surface area contributed by atoms with Crippen molar-refractivity contribution in [1.29, 1.82) is 0 Å². The Morgan fingerprint density at radius 3 is 2.07 bits per heavy atom. The molecule has 28 heavy (non-hydrogen) atoms. The molecule has 4 nitrogen and oxygen atoms in total. The van der Waals surface area contributed by atoms with Crippen molar-refractivity contribution in [2.75, 3.05) is 0 Å². The molecule has 0 saturated heterocycles. The Bertz CT molecular complexity index is 803.